The van der Waals surface area contributed by atoms with E-state index < -0.39 is 0 Å². The van der Waals surface area contributed by atoms with Gasteiger partial charge < -0.3 is 15.4 Å². The molecule has 2 amide bonds. The Morgan fingerprint density at radius 1 is 1.21 bits per heavy atom. The average Bonchev–Trinajstić information content (AvgIpc) is 3.02. The van der Waals surface area contributed by atoms with Crippen molar-refractivity contribution in [2.75, 3.05) is 26.2 Å². The molecule has 2 saturated heterocycles. The van der Waals surface area contributed by atoms with Gasteiger partial charge in [0, 0.05) is 25.2 Å². The lowest BCUT2D eigenvalue weighted by Crippen LogP contribution is -2.55. The van der Waals surface area contributed by atoms with Gasteiger partial charge in [-0.2, -0.15) is 0 Å². The van der Waals surface area contributed by atoms with Crippen molar-refractivity contribution >= 4 is 6.03 Å². The molecule has 2 fully saturated rings. The van der Waals surface area contributed by atoms with Crippen LogP contribution in [0.5, 0.6) is 0 Å². The van der Waals surface area contributed by atoms with Crippen molar-refractivity contribution in [1.82, 2.24) is 15.5 Å². The van der Waals surface area contributed by atoms with Crippen molar-refractivity contribution in [3.63, 3.8) is 0 Å². The molecule has 0 bridgehead atoms. The van der Waals surface area contributed by atoms with Crippen molar-refractivity contribution in [3.05, 3.63) is 35.4 Å². The second kappa shape index (κ2) is 7.11. The van der Waals surface area contributed by atoms with Gasteiger partial charge in [0.05, 0.1) is 12.7 Å². The quantitative estimate of drug-likeness (QED) is 0.888. The summed E-state index contributed by atoms with van der Waals surface area (Å²) in [6.07, 6.45) is 5.84. The molecule has 4 rings (SSSR count). The number of carbonyl (C=O) groups excluding carboxylic acids is 1. The molecule has 5 nitrogen and oxygen atoms in total. The summed E-state index contributed by atoms with van der Waals surface area (Å²) in [7, 11) is 0. The summed E-state index contributed by atoms with van der Waals surface area (Å²) in [5.41, 5.74) is 2.71. The van der Waals surface area contributed by atoms with E-state index in [-0.39, 0.29) is 18.2 Å². The Balaban J connectivity index is 1.20. The number of ether oxygens (including phenoxy) is 1. The van der Waals surface area contributed by atoms with Crippen LogP contribution in [0.25, 0.3) is 0 Å². The van der Waals surface area contributed by atoms with Gasteiger partial charge >= 0.3 is 6.03 Å². The SMILES string of the molecule is O=C(NC[C@H]1CN2CCCC[C@H]2CO1)NC1Cc2ccccc2C1. The maximum absolute atomic E-state index is 12.2. The summed E-state index contributed by atoms with van der Waals surface area (Å²) < 4.78 is 5.93. The highest BCUT2D eigenvalue weighted by Crippen LogP contribution is 2.22. The minimum absolute atomic E-state index is 0.0721. The number of urea groups is 1. The molecule has 0 spiro atoms. The third-order valence-corrected chi connectivity index (χ3v) is 5.59. The molecule has 0 aromatic heterocycles. The van der Waals surface area contributed by atoms with Gasteiger partial charge in [-0.25, -0.2) is 4.79 Å². The Bertz CT molecular complexity index is 567. The summed E-state index contributed by atoms with van der Waals surface area (Å²) >= 11 is 0. The molecular formula is C19H27N3O2. The molecule has 2 heterocycles. The van der Waals surface area contributed by atoms with Crippen LogP contribution in [0.1, 0.15) is 30.4 Å². The third kappa shape index (κ3) is 3.57. The zero-order valence-corrected chi connectivity index (χ0v) is 14.2. The van der Waals surface area contributed by atoms with Crippen LogP contribution in [0.15, 0.2) is 24.3 Å². The predicted molar refractivity (Wildman–Crippen MR) is 93.1 cm³/mol. The first-order valence-electron chi connectivity index (χ1n) is 9.25. The second-order valence-electron chi connectivity index (χ2n) is 7.33. The average molecular weight is 329 g/mol. The fourth-order valence-electron chi connectivity index (χ4n) is 4.28. The molecule has 1 aliphatic carbocycles. The van der Waals surface area contributed by atoms with E-state index in [1.54, 1.807) is 0 Å². The summed E-state index contributed by atoms with van der Waals surface area (Å²) in [5.74, 6) is 0. The van der Waals surface area contributed by atoms with Gasteiger partial charge in [-0.05, 0) is 43.4 Å². The van der Waals surface area contributed by atoms with Crippen LogP contribution in [0, 0.1) is 0 Å². The second-order valence-corrected chi connectivity index (χ2v) is 7.33. The fraction of sp³-hybridized carbons (Fsp3) is 0.632. The van der Waals surface area contributed by atoms with E-state index in [0.29, 0.717) is 12.6 Å². The summed E-state index contributed by atoms with van der Waals surface area (Å²) in [4.78, 5) is 14.7. The molecule has 130 valence electrons. The van der Waals surface area contributed by atoms with E-state index in [9.17, 15) is 4.79 Å². The van der Waals surface area contributed by atoms with Crippen molar-refractivity contribution < 1.29 is 9.53 Å². The zero-order valence-electron chi connectivity index (χ0n) is 14.2. The van der Waals surface area contributed by atoms with Gasteiger partial charge in [-0.3, -0.25) is 4.90 Å². The van der Waals surface area contributed by atoms with Crippen molar-refractivity contribution in [1.29, 1.82) is 0 Å². The molecule has 0 radical (unpaired) electrons. The molecular weight excluding hydrogens is 302 g/mol. The molecule has 3 aliphatic rings. The maximum atomic E-state index is 12.2. The number of hydrogen-bond acceptors (Lipinski definition) is 3. The number of fused-ring (bicyclic) bond motifs is 2. The summed E-state index contributed by atoms with van der Waals surface area (Å²) in [5, 5.41) is 6.10. The van der Waals surface area contributed by atoms with Gasteiger partial charge in [0.2, 0.25) is 0 Å². The van der Waals surface area contributed by atoms with Gasteiger partial charge in [0.25, 0.3) is 0 Å². The first-order valence-corrected chi connectivity index (χ1v) is 9.25. The Hall–Kier alpha value is -1.59. The van der Waals surface area contributed by atoms with Gasteiger partial charge in [0.1, 0.15) is 0 Å². The van der Waals surface area contributed by atoms with E-state index in [1.165, 1.54) is 36.9 Å². The largest absolute Gasteiger partial charge is 0.373 e. The lowest BCUT2D eigenvalue weighted by atomic mass is 10.0. The van der Waals surface area contributed by atoms with E-state index >= 15 is 0 Å². The smallest absolute Gasteiger partial charge is 0.315 e. The minimum Gasteiger partial charge on any atom is -0.373 e. The Morgan fingerprint density at radius 3 is 2.79 bits per heavy atom. The lowest BCUT2D eigenvalue weighted by Gasteiger charge is -2.42. The molecule has 0 unspecified atom stereocenters. The van der Waals surface area contributed by atoms with Crippen molar-refractivity contribution in [2.24, 2.45) is 0 Å². The van der Waals surface area contributed by atoms with Crippen LogP contribution in [-0.2, 0) is 17.6 Å². The van der Waals surface area contributed by atoms with Gasteiger partial charge in [-0.1, -0.05) is 30.7 Å². The Morgan fingerprint density at radius 2 is 2.00 bits per heavy atom. The number of benzene rings is 1. The molecule has 2 atom stereocenters. The highest BCUT2D eigenvalue weighted by molar-refractivity contribution is 5.74. The number of amides is 2. The van der Waals surface area contributed by atoms with Crippen molar-refractivity contribution in [2.45, 2.75) is 50.3 Å². The first-order chi connectivity index (χ1) is 11.8. The number of nitrogens with one attached hydrogen (secondary N) is 2. The number of nitrogens with zero attached hydrogens (tertiary/aromatic N) is 1. The molecule has 5 heteroatoms. The minimum atomic E-state index is -0.0721. The monoisotopic (exact) mass is 329 g/mol. The molecule has 1 aromatic carbocycles. The van der Waals surface area contributed by atoms with Gasteiger partial charge in [0.15, 0.2) is 0 Å². The van der Waals surface area contributed by atoms with Crippen molar-refractivity contribution in [3.8, 4) is 0 Å². The van der Waals surface area contributed by atoms with Crippen LogP contribution in [0.4, 0.5) is 4.79 Å². The molecule has 2 aliphatic heterocycles. The highest BCUT2D eigenvalue weighted by Gasteiger charge is 2.31. The lowest BCUT2D eigenvalue weighted by molar-refractivity contribution is -0.0723. The van der Waals surface area contributed by atoms with E-state index in [2.05, 4.69) is 39.8 Å². The fourth-order valence-corrected chi connectivity index (χ4v) is 4.28. The Labute approximate surface area is 143 Å². The van der Waals surface area contributed by atoms with Crippen LogP contribution in [0.2, 0.25) is 0 Å². The topological polar surface area (TPSA) is 53.6 Å². The maximum Gasteiger partial charge on any atom is 0.315 e. The van der Waals surface area contributed by atoms with Crippen LogP contribution in [-0.4, -0.2) is 55.4 Å². The van der Waals surface area contributed by atoms with Crippen LogP contribution in [0.3, 0.4) is 0 Å². The van der Waals surface area contributed by atoms with E-state index in [1.807, 2.05) is 0 Å². The third-order valence-electron chi connectivity index (χ3n) is 5.59. The summed E-state index contributed by atoms with van der Waals surface area (Å²) in [6, 6.07) is 9.17. The van der Waals surface area contributed by atoms with Crippen LogP contribution >= 0.6 is 0 Å². The molecule has 0 saturated carbocycles. The Kier molecular flexibility index (Phi) is 4.72. The van der Waals surface area contributed by atoms with E-state index in [4.69, 9.17) is 4.74 Å². The van der Waals surface area contributed by atoms with Crippen LogP contribution < -0.4 is 10.6 Å². The normalized spacial score (nSPS) is 27.3. The molecule has 2 N–H and O–H groups in total. The zero-order chi connectivity index (χ0) is 16.4. The van der Waals surface area contributed by atoms with Gasteiger partial charge in [-0.15, -0.1) is 0 Å². The first kappa shape index (κ1) is 15.9. The predicted octanol–water partition coefficient (Wildman–Crippen LogP) is 1.71. The molecule has 24 heavy (non-hydrogen) atoms. The summed E-state index contributed by atoms with van der Waals surface area (Å²) in [6.45, 7) is 3.53. The molecule has 1 aromatic rings. The van der Waals surface area contributed by atoms with E-state index in [0.717, 1.165) is 26.0 Å². The number of carbonyl (C=O) groups is 1. The standard InChI is InChI=1S/C19H27N3O2/c23-19(21-16-9-14-5-1-2-6-15(14)10-16)20-11-18-12-22-8-4-3-7-17(22)13-24-18/h1-2,5-6,16-18H,3-4,7-13H2,(H2,20,21,23)/t17-,18-/m0/s1. The highest BCUT2D eigenvalue weighted by atomic mass is 16.5. The number of rotatable bonds is 3. The number of piperidine rings is 1. The number of morpholine rings is 1. The number of hydrogen-bond donors (Lipinski definition) is 2.